The number of benzene rings is 3. The number of ether oxygens (including phenoxy) is 3. The van der Waals surface area contributed by atoms with E-state index < -0.39 is 10.8 Å². The van der Waals surface area contributed by atoms with Crippen LogP contribution in [0, 0.1) is 10.1 Å². The molecule has 9 nitrogen and oxygen atoms in total. The van der Waals surface area contributed by atoms with Gasteiger partial charge in [-0.25, -0.2) is 5.43 Å². The summed E-state index contributed by atoms with van der Waals surface area (Å²) < 4.78 is 17.1. The highest BCUT2D eigenvalue weighted by Crippen LogP contribution is 2.37. The molecule has 0 atom stereocenters. The molecule has 1 N–H and O–H groups in total. The maximum absolute atomic E-state index is 12.5. The molecular formula is C23H19BrClN3O6. The monoisotopic (exact) mass is 547 g/mol. The lowest BCUT2D eigenvalue weighted by molar-refractivity contribution is -0.384. The Morgan fingerprint density at radius 1 is 1.12 bits per heavy atom. The highest BCUT2D eigenvalue weighted by molar-refractivity contribution is 9.10. The molecule has 11 heteroatoms. The second kappa shape index (κ2) is 11.5. The van der Waals surface area contributed by atoms with E-state index in [-0.39, 0.29) is 17.0 Å². The molecule has 3 aromatic rings. The summed E-state index contributed by atoms with van der Waals surface area (Å²) in [5.41, 5.74) is 3.63. The summed E-state index contributed by atoms with van der Waals surface area (Å²) in [6.07, 6.45) is 1.40. The second-order valence-corrected chi connectivity index (χ2v) is 8.08. The van der Waals surface area contributed by atoms with Gasteiger partial charge in [0.05, 0.1) is 35.4 Å². The van der Waals surface area contributed by atoms with Gasteiger partial charge in [0.25, 0.3) is 11.6 Å². The van der Waals surface area contributed by atoms with E-state index in [4.69, 9.17) is 25.8 Å². The SMILES string of the molecule is COc1ccc([N+](=O)[O-])cc1C(=O)N/N=C\c1cc(Br)c(OCc2ccc(Cl)cc2)c(OC)c1. The first-order valence-electron chi connectivity index (χ1n) is 9.73. The maximum atomic E-state index is 12.5. The predicted octanol–water partition coefficient (Wildman–Crippen LogP) is 5.37. The number of nitro groups is 1. The van der Waals surface area contributed by atoms with Gasteiger partial charge in [0.15, 0.2) is 11.5 Å². The zero-order valence-corrected chi connectivity index (χ0v) is 20.4. The molecule has 0 saturated heterocycles. The first kappa shape index (κ1) is 25.0. The summed E-state index contributed by atoms with van der Waals surface area (Å²) in [5.74, 6) is 0.479. The molecule has 34 heavy (non-hydrogen) atoms. The molecule has 0 fully saturated rings. The van der Waals surface area contributed by atoms with Crippen molar-refractivity contribution in [3.63, 3.8) is 0 Å². The van der Waals surface area contributed by atoms with Gasteiger partial charge in [0, 0.05) is 17.2 Å². The number of non-ortho nitro benzene ring substituents is 1. The van der Waals surface area contributed by atoms with Crippen molar-refractivity contribution in [2.24, 2.45) is 5.10 Å². The Bertz CT molecular complexity index is 1230. The van der Waals surface area contributed by atoms with Crippen LogP contribution in [0.1, 0.15) is 21.5 Å². The molecule has 0 unspecified atom stereocenters. The molecule has 0 saturated carbocycles. The van der Waals surface area contributed by atoms with Crippen molar-refractivity contribution in [2.45, 2.75) is 6.61 Å². The van der Waals surface area contributed by atoms with Crippen molar-refractivity contribution in [1.82, 2.24) is 5.43 Å². The van der Waals surface area contributed by atoms with Crippen molar-refractivity contribution in [3.8, 4) is 17.2 Å². The van der Waals surface area contributed by atoms with Gasteiger partial charge in [-0.3, -0.25) is 14.9 Å². The van der Waals surface area contributed by atoms with Gasteiger partial charge in [0.2, 0.25) is 0 Å². The molecule has 0 aliphatic heterocycles. The largest absolute Gasteiger partial charge is 0.496 e. The van der Waals surface area contributed by atoms with Crippen molar-refractivity contribution < 1.29 is 23.9 Å². The number of carbonyl (C=O) groups excluding carboxylic acids is 1. The fraction of sp³-hybridized carbons (Fsp3) is 0.130. The molecular weight excluding hydrogens is 530 g/mol. The molecule has 0 aromatic heterocycles. The summed E-state index contributed by atoms with van der Waals surface area (Å²) in [5, 5.41) is 15.6. The molecule has 176 valence electrons. The molecule has 3 aromatic carbocycles. The zero-order valence-electron chi connectivity index (χ0n) is 18.1. The lowest BCUT2D eigenvalue weighted by atomic mass is 10.1. The smallest absolute Gasteiger partial charge is 0.275 e. The molecule has 0 radical (unpaired) electrons. The summed E-state index contributed by atoms with van der Waals surface area (Å²) in [7, 11) is 2.87. The van der Waals surface area contributed by atoms with Crippen molar-refractivity contribution >= 4 is 45.3 Å². The van der Waals surface area contributed by atoms with E-state index in [9.17, 15) is 14.9 Å². The van der Waals surface area contributed by atoms with Gasteiger partial charge in [-0.15, -0.1) is 0 Å². The summed E-state index contributed by atoms with van der Waals surface area (Å²) in [6.45, 7) is 0.306. The lowest BCUT2D eigenvalue weighted by Crippen LogP contribution is -2.18. The number of carbonyl (C=O) groups is 1. The summed E-state index contributed by atoms with van der Waals surface area (Å²) in [4.78, 5) is 22.9. The van der Waals surface area contributed by atoms with E-state index in [1.165, 1.54) is 32.6 Å². The van der Waals surface area contributed by atoms with Crippen molar-refractivity contribution in [1.29, 1.82) is 0 Å². The van der Waals surface area contributed by atoms with Gasteiger partial charge in [-0.05, 0) is 57.4 Å². The van der Waals surface area contributed by atoms with E-state index >= 15 is 0 Å². The minimum Gasteiger partial charge on any atom is -0.496 e. The maximum Gasteiger partial charge on any atom is 0.275 e. The number of hydrogen-bond acceptors (Lipinski definition) is 7. The lowest BCUT2D eigenvalue weighted by Gasteiger charge is -2.13. The van der Waals surface area contributed by atoms with Crippen LogP contribution in [0.25, 0.3) is 0 Å². The fourth-order valence-electron chi connectivity index (χ4n) is 2.90. The highest BCUT2D eigenvalue weighted by atomic mass is 79.9. The van der Waals surface area contributed by atoms with Crippen LogP contribution >= 0.6 is 27.5 Å². The second-order valence-electron chi connectivity index (χ2n) is 6.79. The Morgan fingerprint density at radius 2 is 1.82 bits per heavy atom. The highest BCUT2D eigenvalue weighted by Gasteiger charge is 2.17. The predicted molar refractivity (Wildman–Crippen MR) is 131 cm³/mol. The van der Waals surface area contributed by atoms with Crippen molar-refractivity contribution in [2.75, 3.05) is 14.2 Å². The number of rotatable bonds is 9. The Kier molecular flexibility index (Phi) is 8.44. The van der Waals surface area contributed by atoms with Crippen LogP contribution < -0.4 is 19.6 Å². The Labute approximate surface area is 208 Å². The van der Waals surface area contributed by atoms with E-state index in [1.807, 2.05) is 12.1 Å². The van der Waals surface area contributed by atoms with E-state index in [2.05, 4.69) is 26.5 Å². The third-order valence-electron chi connectivity index (χ3n) is 4.57. The van der Waals surface area contributed by atoms with Crippen LogP contribution in [0.5, 0.6) is 17.2 Å². The molecule has 0 aliphatic carbocycles. The van der Waals surface area contributed by atoms with Crippen LogP contribution in [0.2, 0.25) is 5.02 Å². The zero-order chi connectivity index (χ0) is 24.7. The molecule has 1 amide bonds. The average Bonchev–Trinajstić information content (AvgIpc) is 2.83. The van der Waals surface area contributed by atoms with E-state index in [0.717, 1.165) is 11.6 Å². The normalized spacial score (nSPS) is 10.7. The first-order valence-corrected chi connectivity index (χ1v) is 10.9. The Balaban J connectivity index is 1.73. The number of methoxy groups -OCH3 is 2. The van der Waals surface area contributed by atoms with Crippen LogP contribution in [0.4, 0.5) is 5.69 Å². The molecule has 0 aliphatic rings. The number of hydrogen-bond donors (Lipinski definition) is 1. The molecule has 0 heterocycles. The number of hydrazone groups is 1. The fourth-order valence-corrected chi connectivity index (χ4v) is 3.60. The molecule has 0 spiro atoms. The van der Waals surface area contributed by atoms with Gasteiger partial charge >= 0.3 is 0 Å². The Morgan fingerprint density at radius 3 is 2.47 bits per heavy atom. The van der Waals surface area contributed by atoms with Crippen LogP contribution in [-0.2, 0) is 6.61 Å². The van der Waals surface area contributed by atoms with Gasteiger partial charge < -0.3 is 14.2 Å². The number of nitrogens with one attached hydrogen (secondary N) is 1. The van der Waals surface area contributed by atoms with Gasteiger partial charge in [-0.2, -0.15) is 5.10 Å². The molecule has 3 rings (SSSR count). The number of halogens is 2. The minimum atomic E-state index is -0.661. The van der Waals surface area contributed by atoms with E-state index in [0.29, 0.717) is 33.2 Å². The third-order valence-corrected chi connectivity index (χ3v) is 5.41. The number of nitro benzene ring substituents is 1. The quantitative estimate of drug-likeness (QED) is 0.219. The summed E-state index contributed by atoms with van der Waals surface area (Å²) in [6, 6.07) is 14.4. The minimum absolute atomic E-state index is 0.0152. The van der Waals surface area contributed by atoms with Crippen LogP contribution in [-0.4, -0.2) is 31.3 Å². The number of nitrogens with zero attached hydrogens (tertiary/aromatic N) is 2. The third kappa shape index (κ3) is 6.24. The topological polar surface area (TPSA) is 112 Å². The standard InChI is InChI=1S/C23H19BrClN3O6/c1-32-20-8-7-17(28(30)31)11-18(20)23(29)27-26-12-15-9-19(24)22(21(10-15)33-2)34-13-14-3-5-16(25)6-4-14/h3-12H,13H2,1-2H3,(H,27,29)/b26-12-. The molecule has 0 bridgehead atoms. The number of amides is 1. The Hall–Kier alpha value is -3.63. The van der Waals surface area contributed by atoms with Gasteiger partial charge in [-0.1, -0.05) is 23.7 Å². The summed E-state index contributed by atoms with van der Waals surface area (Å²) >= 11 is 9.38. The van der Waals surface area contributed by atoms with Crippen LogP contribution in [0.3, 0.4) is 0 Å². The van der Waals surface area contributed by atoms with Gasteiger partial charge in [0.1, 0.15) is 12.4 Å². The average molecular weight is 549 g/mol. The van der Waals surface area contributed by atoms with E-state index in [1.54, 1.807) is 24.3 Å². The first-order chi connectivity index (χ1) is 16.3. The van der Waals surface area contributed by atoms with Crippen molar-refractivity contribution in [3.05, 3.63) is 90.9 Å². The van der Waals surface area contributed by atoms with Crippen LogP contribution in [0.15, 0.2) is 64.2 Å².